The first-order chi connectivity index (χ1) is 9.56. The first-order valence-corrected chi connectivity index (χ1v) is 5.91. The molecule has 0 heterocycles. The fraction of sp³-hybridized carbons (Fsp3) is 0. The molecule has 0 saturated carbocycles. The molecule has 0 spiro atoms. The topological polar surface area (TPSA) is 95.5 Å². The lowest BCUT2D eigenvalue weighted by molar-refractivity contribution is -0.991. The van der Waals surface area contributed by atoms with E-state index in [0.29, 0.717) is 0 Å². The van der Waals surface area contributed by atoms with Crippen LogP contribution in [-0.2, 0) is 0 Å². The van der Waals surface area contributed by atoms with E-state index in [1.807, 2.05) is 12.2 Å². The van der Waals surface area contributed by atoms with Crippen LogP contribution in [0.3, 0.4) is 0 Å². The maximum atomic E-state index is 10.7. The molecular weight excluding hydrogens is 260 g/mol. The van der Waals surface area contributed by atoms with Crippen LogP contribution in [0.25, 0.3) is 12.2 Å². The molecule has 0 aromatic heterocycles. The Morgan fingerprint density at radius 1 is 0.650 bits per heavy atom. The van der Waals surface area contributed by atoms with Crippen LogP contribution in [0.1, 0.15) is 11.1 Å². The van der Waals surface area contributed by atoms with Gasteiger partial charge in [-0.25, -0.2) is 10.4 Å². The zero-order valence-electron chi connectivity index (χ0n) is 10.5. The molecule has 2 rings (SSSR count). The van der Waals surface area contributed by atoms with Crippen molar-refractivity contribution in [1.29, 1.82) is 0 Å². The predicted octanol–water partition coefficient (Wildman–Crippen LogP) is 0.664. The molecule has 2 atom stereocenters. The molecule has 0 aliphatic rings. The van der Waals surface area contributed by atoms with Gasteiger partial charge in [0.25, 0.3) is 0 Å². The van der Waals surface area contributed by atoms with Gasteiger partial charge in [0.15, 0.2) is 11.4 Å². The Balaban J connectivity index is 2.08. The minimum atomic E-state index is -0.954. The van der Waals surface area contributed by atoms with Crippen molar-refractivity contribution in [2.24, 2.45) is 0 Å². The van der Waals surface area contributed by atoms with Gasteiger partial charge in [-0.3, -0.25) is 0 Å². The van der Waals surface area contributed by atoms with Crippen molar-refractivity contribution in [2.45, 2.75) is 0 Å². The number of rotatable bonds is 4. The van der Waals surface area contributed by atoms with E-state index in [-0.39, 0.29) is 11.4 Å². The Kier molecular flexibility index (Phi) is 4.59. The molecule has 4 N–H and O–H groups in total. The first-order valence-electron chi connectivity index (χ1n) is 5.91. The van der Waals surface area contributed by atoms with Gasteiger partial charge in [-0.1, -0.05) is 12.2 Å². The molecule has 0 fully saturated rings. The lowest BCUT2D eigenvalue weighted by Gasteiger charge is -2.11. The molecule has 0 amide bonds. The van der Waals surface area contributed by atoms with Crippen molar-refractivity contribution in [2.75, 3.05) is 0 Å². The second-order valence-corrected chi connectivity index (χ2v) is 4.19. The molecule has 2 aromatic rings. The summed E-state index contributed by atoms with van der Waals surface area (Å²) >= 11 is 0. The summed E-state index contributed by atoms with van der Waals surface area (Å²) < 4.78 is 0. The molecule has 6 heteroatoms. The Labute approximate surface area is 115 Å². The maximum absolute atomic E-state index is 10.7. The molecule has 6 nitrogen and oxygen atoms in total. The van der Waals surface area contributed by atoms with Crippen molar-refractivity contribution < 1.29 is 20.9 Å². The summed E-state index contributed by atoms with van der Waals surface area (Å²) in [6.07, 6.45) is 3.67. The summed E-state index contributed by atoms with van der Waals surface area (Å²) in [6, 6.07) is 13.0. The number of nitrogens with one attached hydrogen (secondary N) is 2. The van der Waals surface area contributed by atoms with Crippen LogP contribution in [0.15, 0.2) is 48.5 Å². The average molecular weight is 274 g/mol. The highest BCUT2D eigenvalue weighted by Gasteiger charge is 1.99. The summed E-state index contributed by atoms with van der Waals surface area (Å²) in [5.41, 5.74) is 2.23. The van der Waals surface area contributed by atoms with E-state index in [0.717, 1.165) is 11.1 Å². The number of benzene rings is 2. The van der Waals surface area contributed by atoms with Crippen LogP contribution in [0.4, 0.5) is 11.4 Å². The lowest BCUT2D eigenvalue weighted by atomic mass is 10.1. The zero-order valence-corrected chi connectivity index (χ0v) is 10.5. The predicted molar refractivity (Wildman–Crippen MR) is 73.4 cm³/mol. The number of hydrogen-bond acceptors (Lipinski definition) is 4. The first kappa shape index (κ1) is 14.4. The van der Waals surface area contributed by atoms with Gasteiger partial charge in [0, 0.05) is 24.3 Å². The van der Waals surface area contributed by atoms with Crippen LogP contribution in [0.5, 0.6) is 0 Å². The third kappa shape index (κ3) is 3.72. The standard InChI is InChI=1S/C14H14N2O4/c17-15(18)13-7-3-11(4-8-13)1-2-12-5-9-14(10-6-12)16(19)20/h1-10,15-17,19H. The minimum Gasteiger partial charge on any atom is -0.595 e. The zero-order chi connectivity index (χ0) is 14.5. The molecule has 0 radical (unpaired) electrons. The van der Waals surface area contributed by atoms with E-state index in [1.165, 1.54) is 24.3 Å². The van der Waals surface area contributed by atoms with E-state index >= 15 is 0 Å². The molecule has 20 heavy (non-hydrogen) atoms. The summed E-state index contributed by atoms with van der Waals surface area (Å²) in [6.45, 7) is 0. The minimum absolute atomic E-state index is 0.243. The van der Waals surface area contributed by atoms with Gasteiger partial charge in [-0.15, -0.1) is 0 Å². The van der Waals surface area contributed by atoms with Crippen LogP contribution in [-0.4, -0.2) is 10.4 Å². The smallest absolute Gasteiger partial charge is 0.163 e. The highest BCUT2D eigenvalue weighted by Crippen LogP contribution is 2.11. The summed E-state index contributed by atoms with van der Waals surface area (Å²) in [5.74, 6) is 0. The molecular formula is C14H14N2O4. The van der Waals surface area contributed by atoms with Gasteiger partial charge in [-0.2, -0.15) is 10.5 Å². The van der Waals surface area contributed by atoms with E-state index < -0.39 is 10.5 Å². The lowest BCUT2D eigenvalue weighted by Crippen LogP contribution is -2.99. The SMILES string of the molecule is [O-][NH+](O)c1ccc(C=Cc2ccc([NH+]([O-])O)cc2)cc1. The normalized spacial score (nSPS) is 14.4. The largest absolute Gasteiger partial charge is 0.595 e. The molecule has 104 valence electrons. The summed E-state index contributed by atoms with van der Waals surface area (Å²) in [7, 11) is 0. The van der Waals surface area contributed by atoms with Crippen LogP contribution < -0.4 is 10.5 Å². The molecule has 2 unspecified atom stereocenters. The van der Waals surface area contributed by atoms with E-state index in [4.69, 9.17) is 10.4 Å². The maximum Gasteiger partial charge on any atom is 0.163 e. The number of hydrogen-bond donors (Lipinski definition) is 4. The van der Waals surface area contributed by atoms with Crippen molar-refractivity contribution in [3.05, 3.63) is 70.1 Å². The molecule has 2 aromatic carbocycles. The number of quaternary nitrogens is 2. The van der Waals surface area contributed by atoms with Gasteiger partial charge >= 0.3 is 0 Å². The highest BCUT2D eigenvalue weighted by molar-refractivity contribution is 5.70. The second kappa shape index (κ2) is 6.40. The van der Waals surface area contributed by atoms with E-state index in [2.05, 4.69) is 0 Å². The van der Waals surface area contributed by atoms with Crippen LogP contribution in [0, 0.1) is 10.4 Å². The van der Waals surface area contributed by atoms with Gasteiger partial charge < -0.3 is 10.4 Å². The Morgan fingerprint density at radius 3 is 1.20 bits per heavy atom. The van der Waals surface area contributed by atoms with Crippen LogP contribution in [0.2, 0.25) is 0 Å². The van der Waals surface area contributed by atoms with Crippen molar-refractivity contribution in [3.8, 4) is 0 Å². The molecule has 0 aliphatic heterocycles. The monoisotopic (exact) mass is 274 g/mol. The molecule has 0 bridgehead atoms. The summed E-state index contributed by atoms with van der Waals surface area (Å²) in [5, 5.41) is 37.1. The second-order valence-electron chi connectivity index (χ2n) is 4.19. The van der Waals surface area contributed by atoms with E-state index in [1.54, 1.807) is 24.3 Å². The Bertz CT molecular complexity index is 524. The van der Waals surface area contributed by atoms with Gasteiger partial charge in [0.05, 0.1) is 0 Å². The Morgan fingerprint density at radius 2 is 0.950 bits per heavy atom. The third-order valence-electron chi connectivity index (χ3n) is 2.78. The summed E-state index contributed by atoms with van der Waals surface area (Å²) in [4.78, 5) is 0. The third-order valence-corrected chi connectivity index (χ3v) is 2.78. The van der Waals surface area contributed by atoms with Crippen molar-refractivity contribution >= 4 is 23.5 Å². The van der Waals surface area contributed by atoms with Crippen molar-refractivity contribution in [3.63, 3.8) is 0 Å². The van der Waals surface area contributed by atoms with E-state index in [9.17, 15) is 10.4 Å². The Hall–Kier alpha value is -2.06. The van der Waals surface area contributed by atoms with Gasteiger partial charge in [-0.05, 0) is 35.4 Å². The fourth-order valence-corrected chi connectivity index (χ4v) is 1.67. The van der Waals surface area contributed by atoms with Crippen molar-refractivity contribution in [1.82, 2.24) is 0 Å². The van der Waals surface area contributed by atoms with Gasteiger partial charge in [0.2, 0.25) is 0 Å². The fourth-order valence-electron chi connectivity index (χ4n) is 1.67. The molecule has 0 aliphatic carbocycles. The average Bonchev–Trinajstić information content (AvgIpc) is 2.46. The van der Waals surface area contributed by atoms with Gasteiger partial charge in [0.1, 0.15) is 0 Å². The quantitative estimate of drug-likeness (QED) is 0.486. The van der Waals surface area contributed by atoms with Crippen LogP contribution >= 0.6 is 0 Å². The molecule has 0 saturated heterocycles. The highest BCUT2D eigenvalue weighted by atomic mass is 16.8.